The zero-order valence-electron chi connectivity index (χ0n) is 11.7. The highest BCUT2D eigenvalue weighted by Gasteiger charge is 2.29. The Morgan fingerprint density at radius 1 is 1.47 bits per heavy atom. The lowest BCUT2D eigenvalue weighted by Crippen LogP contribution is -2.55. The van der Waals surface area contributed by atoms with Crippen molar-refractivity contribution in [3.8, 4) is 0 Å². The molecule has 2 amide bonds. The highest BCUT2D eigenvalue weighted by atomic mass is 16.4. The summed E-state index contributed by atoms with van der Waals surface area (Å²) in [7, 11) is 3.65. The first-order valence-corrected chi connectivity index (χ1v) is 6.45. The summed E-state index contributed by atoms with van der Waals surface area (Å²) < 4.78 is 0. The van der Waals surface area contributed by atoms with E-state index in [0.29, 0.717) is 0 Å². The van der Waals surface area contributed by atoms with E-state index in [4.69, 9.17) is 5.11 Å². The quantitative estimate of drug-likeness (QED) is 0.645. The van der Waals surface area contributed by atoms with Gasteiger partial charge in [0, 0.05) is 19.6 Å². The van der Waals surface area contributed by atoms with Gasteiger partial charge in [0.05, 0.1) is 6.10 Å². The average Bonchev–Trinajstić information content (AvgIpc) is 2.33. The van der Waals surface area contributed by atoms with E-state index in [2.05, 4.69) is 10.2 Å². The first-order valence-electron chi connectivity index (χ1n) is 6.45. The molecule has 0 aromatic carbocycles. The van der Waals surface area contributed by atoms with Gasteiger partial charge >= 0.3 is 12.0 Å². The van der Waals surface area contributed by atoms with Crippen LogP contribution in [0.15, 0.2) is 0 Å². The number of likely N-dealkylation sites (tertiary alicyclic amines) is 1. The van der Waals surface area contributed by atoms with Gasteiger partial charge < -0.3 is 25.3 Å². The molecule has 7 heteroatoms. The van der Waals surface area contributed by atoms with Crippen molar-refractivity contribution in [2.75, 3.05) is 27.2 Å². The summed E-state index contributed by atoms with van der Waals surface area (Å²) >= 11 is 0. The third kappa shape index (κ3) is 4.36. The lowest BCUT2D eigenvalue weighted by atomic mass is 10.1. The van der Waals surface area contributed by atoms with E-state index in [1.165, 1.54) is 11.8 Å². The van der Waals surface area contributed by atoms with E-state index in [1.54, 1.807) is 7.05 Å². The molecule has 0 spiro atoms. The van der Waals surface area contributed by atoms with Crippen molar-refractivity contribution in [3.63, 3.8) is 0 Å². The second kappa shape index (κ2) is 6.72. The molecule has 0 radical (unpaired) electrons. The van der Waals surface area contributed by atoms with Crippen LogP contribution in [0.5, 0.6) is 0 Å². The number of hydrogen-bond donors (Lipinski definition) is 3. The molecule has 1 rings (SSSR count). The molecule has 3 N–H and O–H groups in total. The number of carbonyl (C=O) groups excluding carboxylic acids is 1. The number of urea groups is 1. The first kappa shape index (κ1) is 15.7. The van der Waals surface area contributed by atoms with Gasteiger partial charge in [-0.2, -0.15) is 0 Å². The number of carbonyl (C=O) groups is 2. The van der Waals surface area contributed by atoms with Crippen molar-refractivity contribution in [3.05, 3.63) is 0 Å². The van der Waals surface area contributed by atoms with Crippen LogP contribution >= 0.6 is 0 Å². The number of aliphatic hydroxyl groups is 1. The number of nitrogens with one attached hydrogen (secondary N) is 1. The molecule has 1 aliphatic rings. The number of carboxylic acids is 1. The van der Waals surface area contributed by atoms with Gasteiger partial charge in [-0.05, 0) is 33.4 Å². The highest BCUT2D eigenvalue weighted by Crippen LogP contribution is 2.13. The van der Waals surface area contributed by atoms with Gasteiger partial charge in [-0.3, -0.25) is 0 Å². The van der Waals surface area contributed by atoms with E-state index in [-0.39, 0.29) is 6.04 Å². The fourth-order valence-electron chi connectivity index (χ4n) is 2.24. The highest BCUT2D eigenvalue weighted by molar-refractivity contribution is 5.83. The van der Waals surface area contributed by atoms with Gasteiger partial charge in [0.15, 0.2) is 6.04 Å². The second-order valence-corrected chi connectivity index (χ2v) is 5.18. The van der Waals surface area contributed by atoms with Crippen LogP contribution in [-0.2, 0) is 4.79 Å². The molecular weight excluding hydrogens is 250 g/mol. The summed E-state index contributed by atoms with van der Waals surface area (Å²) in [6, 6.07) is -1.67. The Labute approximate surface area is 113 Å². The minimum Gasteiger partial charge on any atom is -0.480 e. The van der Waals surface area contributed by atoms with Gasteiger partial charge in [-0.15, -0.1) is 0 Å². The zero-order valence-corrected chi connectivity index (χ0v) is 11.7. The number of rotatable bonds is 4. The molecule has 0 aliphatic carbocycles. The molecule has 0 bridgehead atoms. The minimum atomic E-state index is -1.28. The molecule has 1 fully saturated rings. The molecule has 3 unspecified atom stereocenters. The summed E-state index contributed by atoms with van der Waals surface area (Å²) in [5, 5.41) is 20.6. The molecular formula is C12H23N3O4. The minimum absolute atomic E-state index is 0.0715. The number of amides is 2. The third-order valence-electron chi connectivity index (χ3n) is 3.50. The first-order chi connectivity index (χ1) is 8.82. The third-order valence-corrected chi connectivity index (χ3v) is 3.50. The molecule has 1 heterocycles. The number of aliphatic carboxylic acids is 1. The van der Waals surface area contributed by atoms with Gasteiger partial charge in [-0.1, -0.05) is 0 Å². The molecule has 0 saturated carbocycles. The largest absolute Gasteiger partial charge is 0.480 e. The lowest BCUT2D eigenvalue weighted by molar-refractivity contribution is -0.141. The predicted molar refractivity (Wildman–Crippen MR) is 69.9 cm³/mol. The number of likely N-dealkylation sites (N-methyl/N-ethyl adjacent to an activating group) is 2. The average molecular weight is 273 g/mol. The van der Waals surface area contributed by atoms with Gasteiger partial charge in [0.25, 0.3) is 0 Å². The van der Waals surface area contributed by atoms with E-state index >= 15 is 0 Å². The Bertz CT molecular complexity index is 335. The molecule has 0 aromatic rings. The topological polar surface area (TPSA) is 93.1 Å². The molecule has 110 valence electrons. The predicted octanol–water partition coefficient (Wildman–Crippen LogP) is -0.444. The summed E-state index contributed by atoms with van der Waals surface area (Å²) in [6.45, 7) is 3.13. The van der Waals surface area contributed by atoms with Crippen molar-refractivity contribution in [2.45, 2.75) is 38.0 Å². The monoisotopic (exact) mass is 273 g/mol. The van der Waals surface area contributed by atoms with Crippen molar-refractivity contribution in [1.29, 1.82) is 0 Å². The van der Waals surface area contributed by atoms with Crippen LogP contribution in [0.2, 0.25) is 0 Å². The van der Waals surface area contributed by atoms with Crippen molar-refractivity contribution >= 4 is 12.0 Å². The normalized spacial score (nSPS) is 23.5. The fraction of sp³-hybridized carbons (Fsp3) is 0.833. The van der Waals surface area contributed by atoms with Gasteiger partial charge in [-0.25, -0.2) is 9.59 Å². The number of hydrogen-bond acceptors (Lipinski definition) is 4. The summed E-state index contributed by atoms with van der Waals surface area (Å²) in [5.41, 5.74) is 0. The van der Waals surface area contributed by atoms with Crippen LogP contribution in [0.25, 0.3) is 0 Å². The number of aliphatic hydroxyl groups excluding tert-OH is 1. The van der Waals surface area contributed by atoms with Crippen molar-refractivity contribution < 1.29 is 19.8 Å². The van der Waals surface area contributed by atoms with E-state index in [1.807, 2.05) is 7.05 Å². The maximum atomic E-state index is 12.0. The summed E-state index contributed by atoms with van der Waals surface area (Å²) in [5.74, 6) is -1.24. The van der Waals surface area contributed by atoms with Crippen LogP contribution < -0.4 is 5.32 Å². The Hall–Kier alpha value is -1.34. The number of carboxylic acid groups (broad SMARTS) is 1. The molecule has 0 aromatic heterocycles. The van der Waals surface area contributed by atoms with Crippen molar-refractivity contribution in [2.24, 2.45) is 0 Å². The number of nitrogens with zero attached hydrogens (tertiary/aromatic N) is 2. The number of piperidine rings is 1. The van der Waals surface area contributed by atoms with Crippen molar-refractivity contribution in [1.82, 2.24) is 15.1 Å². The molecule has 1 aliphatic heterocycles. The van der Waals surface area contributed by atoms with Crippen LogP contribution in [0.1, 0.15) is 19.8 Å². The Balaban J connectivity index is 2.58. The molecule has 3 atom stereocenters. The van der Waals surface area contributed by atoms with E-state index in [0.717, 1.165) is 25.9 Å². The van der Waals surface area contributed by atoms with Gasteiger partial charge in [0.1, 0.15) is 0 Å². The van der Waals surface area contributed by atoms with Crippen LogP contribution in [-0.4, -0.2) is 77.4 Å². The van der Waals surface area contributed by atoms with E-state index < -0.39 is 24.1 Å². The standard InChI is InChI=1S/C12H23N3O4/c1-8(16)10(11(17)18)13-12(19)15(3)9-5-4-6-14(2)7-9/h8-10,16H,4-7H2,1-3H3,(H,13,19)(H,17,18). The van der Waals surface area contributed by atoms with Crippen LogP contribution in [0, 0.1) is 0 Å². The molecule has 19 heavy (non-hydrogen) atoms. The maximum absolute atomic E-state index is 12.0. The Morgan fingerprint density at radius 2 is 2.11 bits per heavy atom. The summed E-state index contributed by atoms with van der Waals surface area (Å²) in [4.78, 5) is 26.6. The van der Waals surface area contributed by atoms with Crippen LogP contribution in [0.3, 0.4) is 0 Å². The van der Waals surface area contributed by atoms with Crippen LogP contribution in [0.4, 0.5) is 4.79 Å². The second-order valence-electron chi connectivity index (χ2n) is 5.18. The molecule has 1 saturated heterocycles. The molecule has 7 nitrogen and oxygen atoms in total. The Kier molecular flexibility index (Phi) is 5.56. The maximum Gasteiger partial charge on any atom is 0.328 e. The van der Waals surface area contributed by atoms with Gasteiger partial charge in [0.2, 0.25) is 0 Å². The zero-order chi connectivity index (χ0) is 14.6. The lowest BCUT2D eigenvalue weighted by Gasteiger charge is -2.36. The SMILES string of the molecule is CC(O)C(NC(=O)N(C)C1CCCN(C)C1)C(=O)O. The summed E-state index contributed by atoms with van der Waals surface area (Å²) in [6.07, 6.45) is 0.780. The Morgan fingerprint density at radius 3 is 2.58 bits per heavy atom. The van der Waals surface area contributed by atoms with E-state index in [9.17, 15) is 14.7 Å². The fourth-order valence-corrected chi connectivity index (χ4v) is 2.24. The smallest absolute Gasteiger partial charge is 0.328 e.